The predicted octanol–water partition coefficient (Wildman–Crippen LogP) is 2.10. The Balaban J connectivity index is 1.72. The Kier molecular flexibility index (Phi) is 12.8. The van der Waals surface area contributed by atoms with E-state index in [1.54, 1.807) is 0 Å². The van der Waals surface area contributed by atoms with Crippen LogP contribution in [0.4, 0.5) is 0 Å². The van der Waals surface area contributed by atoms with Crippen LogP contribution in [0.3, 0.4) is 0 Å². The summed E-state index contributed by atoms with van der Waals surface area (Å²) in [6.07, 6.45) is 4.34. The highest BCUT2D eigenvalue weighted by molar-refractivity contribution is 5.48. The average molecular weight is 379 g/mol. The van der Waals surface area contributed by atoms with Gasteiger partial charge >= 0.3 is 0 Å². The molecule has 0 aromatic heterocycles. The van der Waals surface area contributed by atoms with Crippen LogP contribution in [-0.4, -0.2) is 90.6 Å². The zero-order valence-electron chi connectivity index (χ0n) is 16.2. The second-order valence-electron chi connectivity index (χ2n) is 6.18. The molecule has 6 nitrogen and oxygen atoms in total. The zero-order chi connectivity index (χ0) is 18.8. The summed E-state index contributed by atoms with van der Waals surface area (Å²) in [6, 6.07) is 10.3. The molecule has 27 heavy (non-hydrogen) atoms. The normalized spacial score (nSPS) is 20.9. The Morgan fingerprint density at radius 3 is 1.56 bits per heavy atom. The molecule has 1 saturated heterocycles. The molecule has 0 atom stereocenters. The molecule has 1 aliphatic rings. The van der Waals surface area contributed by atoms with Crippen LogP contribution in [0.25, 0.3) is 6.08 Å². The molecule has 2 rings (SSSR count). The second-order valence-corrected chi connectivity index (χ2v) is 6.18. The maximum Gasteiger partial charge on any atom is 0.0701 e. The van der Waals surface area contributed by atoms with E-state index in [2.05, 4.69) is 41.3 Å². The molecule has 1 aliphatic heterocycles. The molecule has 1 aromatic carbocycles. The van der Waals surface area contributed by atoms with Crippen molar-refractivity contribution in [3.05, 3.63) is 42.0 Å². The summed E-state index contributed by atoms with van der Waals surface area (Å²) in [4.78, 5) is 2.33. The maximum atomic E-state index is 5.68. The van der Waals surface area contributed by atoms with Crippen LogP contribution < -0.4 is 0 Å². The lowest BCUT2D eigenvalue weighted by Crippen LogP contribution is -2.32. The third-order valence-electron chi connectivity index (χ3n) is 4.07. The molecule has 0 saturated carbocycles. The Morgan fingerprint density at radius 2 is 1.07 bits per heavy atom. The lowest BCUT2D eigenvalue weighted by atomic mass is 10.2. The molecule has 0 radical (unpaired) electrons. The van der Waals surface area contributed by atoms with Crippen molar-refractivity contribution in [3.8, 4) is 0 Å². The highest BCUT2D eigenvalue weighted by Gasteiger charge is 2.04. The fourth-order valence-electron chi connectivity index (χ4n) is 2.57. The van der Waals surface area contributed by atoms with Gasteiger partial charge in [0.15, 0.2) is 0 Å². The van der Waals surface area contributed by atoms with Gasteiger partial charge in [0.25, 0.3) is 0 Å². The van der Waals surface area contributed by atoms with Crippen LogP contribution in [-0.2, 0) is 23.7 Å². The summed E-state index contributed by atoms with van der Waals surface area (Å²) in [5.74, 6) is 0. The minimum absolute atomic E-state index is 0.585. The lowest BCUT2D eigenvalue weighted by molar-refractivity contribution is -0.0179. The number of ether oxygens (including phenoxy) is 5. The summed E-state index contributed by atoms with van der Waals surface area (Å²) in [5.41, 5.74) is 1.21. The van der Waals surface area contributed by atoms with Crippen molar-refractivity contribution in [2.24, 2.45) is 0 Å². The Labute approximate surface area is 163 Å². The maximum absolute atomic E-state index is 5.68. The number of nitrogens with zero attached hydrogens (tertiary/aromatic N) is 1. The van der Waals surface area contributed by atoms with Gasteiger partial charge in [0.2, 0.25) is 0 Å². The molecule has 152 valence electrons. The van der Waals surface area contributed by atoms with Crippen LogP contribution in [0.2, 0.25) is 0 Å². The lowest BCUT2D eigenvalue weighted by Gasteiger charge is -2.21. The smallest absolute Gasteiger partial charge is 0.0701 e. The third-order valence-corrected chi connectivity index (χ3v) is 4.07. The van der Waals surface area contributed by atoms with E-state index in [0.29, 0.717) is 66.1 Å². The van der Waals surface area contributed by atoms with Crippen LogP contribution in [0, 0.1) is 0 Å². The van der Waals surface area contributed by atoms with Crippen molar-refractivity contribution < 1.29 is 23.7 Å². The zero-order valence-corrected chi connectivity index (χ0v) is 16.2. The van der Waals surface area contributed by atoms with Crippen LogP contribution in [0.5, 0.6) is 0 Å². The van der Waals surface area contributed by atoms with Gasteiger partial charge < -0.3 is 23.7 Å². The van der Waals surface area contributed by atoms with E-state index in [4.69, 9.17) is 23.7 Å². The molecule has 6 heteroatoms. The average Bonchev–Trinajstić information content (AvgIpc) is 2.70. The molecule has 1 aromatic rings. The highest BCUT2D eigenvalue weighted by Crippen LogP contribution is 2.01. The molecule has 0 aliphatic carbocycles. The van der Waals surface area contributed by atoms with Gasteiger partial charge in [-0.25, -0.2) is 0 Å². The Hall–Kier alpha value is -1.28. The quantitative estimate of drug-likeness (QED) is 0.802. The van der Waals surface area contributed by atoms with E-state index in [9.17, 15) is 0 Å². The molecule has 0 unspecified atom stereocenters. The monoisotopic (exact) mass is 379 g/mol. The van der Waals surface area contributed by atoms with Gasteiger partial charge in [0, 0.05) is 19.6 Å². The molecule has 0 spiro atoms. The Bertz CT molecular complexity index is 465. The van der Waals surface area contributed by atoms with Gasteiger partial charge in [0.1, 0.15) is 0 Å². The van der Waals surface area contributed by atoms with Crippen LogP contribution in [0.15, 0.2) is 36.4 Å². The van der Waals surface area contributed by atoms with Gasteiger partial charge in [-0.3, -0.25) is 4.90 Å². The van der Waals surface area contributed by atoms with Crippen molar-refractivity contribution in [3.63, 3.8) is 0 Å². The van der Waals surface area contributed by atoms with Gasteiger partial charge in [0.05, 0.1) is 66.1 Å². The first-order chi connectivity index (χ1) is 13.4. The van der Waals surface area contributed by atoms with E-state index in [1.165, 1.54) is 5.56 Å². The Morgan fingerprint density at radius 1 is 0.630 bits per heavy atom. The van der Waals surface area contributed by atoms with E-state index < -0.39 is 0 Å². The fraction of sp³-hybridized carbons (Fsp3) is 0.619. The minimum atomic E-state index is 0.585. The number of hydrogen-bond acceptors (Lipinski definition) is 6. The van der Waals surface area contributed by atoms with Crippen molar-refractivity contribution in [2.45, 2.75) is 0 Å². The van der Waals surface area contributed by atoms with Crippen molar-refractivity contribution >= 4 is 6.08 Å². The van der Waals surface area contributed by atoms with E-state index >= 15 is 0 Å². The third kappa shape index (κ3) is 11.9. The standard InChI is InChI=1S/C21H33NO5/c1-2-5-21(6-3-1)7-4-8-22-9-11-23-13-15-25-17-19-27-20-18-26-16-14-24-12-10-22/h1-7H,8-20H2/b7-4+. The number of benzene rings is 1. The summed E-state index contributed by atoms with van der Waals surface area (Å²) in [7, 11) is 0. The van der Waals surface area contributed by atoms with Gasteiger partial charge in [-0.1, -0.05) is 42.5 Å². The van der Waals surface area contributed by atoms with Crippen LogP contribution in [0.1, 0.15) is 5.56 Å². The molecular weight excluding hydrogens is 346 g/mol. The SMILES string of the molecule is C(=C\c1ccccc1)/CN1CCOCCOCCOCCOCCOCC1. The van der Waals surface area contributed by atoms with E-state index in [-0.39, 0.29) is 0 Å². The fourth-order valence-corrected chi connectivity index (χ4v) is 2.57. The molecule has 0 amide bonds. The van der Waals surface area contributed by atoms with Crippen molar-refractivity contribution in [2.75, 3.05) is 85.7 Å². The van der Waals surface area contributed by atoms with Gasteiger partial charge in [-0.2, -0.15) is 0 Å². The van der Waals surface area contributed by atoms with E-state index in [0.717, 1.165) is 19.6 Å². The topological polar surface area (TPSA) is 49.4 Å². The summed E-state index contributed by atoms with van der Waals surface area (Å²) < 4.78 is 27.7. The minimum Gasteiger partial charge on any atom is -0.378 e. The molecular formula is C21H33NO5. The van der Waals surface area contributed by atoms with Gasteiger partial charge in [-0.05, 0) is 5.56 Å². The van der Waals surface area contributed by atoms with E-state index in [1.807, 2.05) is 6.07 Å². The van der Waals surface area contributed by atoms with Gasteiger partial charge in [-0.15, -0.1) is 0 Å². The number of rotatable bonds is 3. The predicted molar refractivity (Wildman–Crippen MR) is 106 cm³/mol. The molecule has 0 bridgehead atoms. The van der Waals surface area contributed by atoms with Crippen LogP contribution >= 0.6 is 0 Å². The molecule has 0 N–H and O–H groups in total. The first-order valence-corrected chi connectivity index (χ1v) is 9.78. The molecule has 1 fully saturated rings. The second kappa shape index (κ2) is 15.7. The highest BCUT2D eigenvalue weighted by atomic mass is 16.6. The summed E-state index contributed by atoms with van der Waals surface area (Å²) >= 11 is 0. The number of hydrogen-bond donors (Lipinski definition) is 0. The summed E-state index contributed by atoms with van der Waals surface area (Å²) in [6.45, 7) is 8.70. The largest absolute Gasteiger partial charge is 0.378 e. The summed E-state index contributed by atoms with van der Waals surface area (Å²) in [5, 5.41) is 0. The van der Waals surface area contributed by atoms with Crippen molar-refractivity contribution in [1.29, 1.82) is 0 Å². The first-order valence-electron chi connectivity index (χ1n) is 9.78. The first kappa shape index (κ1) is 22.0. The van der Waals surface area contributed by atoms with Crippen molar-refractivity contribution in [1.82, 2.24) is 4.90 Å². The molecule has 1 heterocycles.